The molecule has 2 aliphatic heterocycles. The van der Waals surface area contributed by atoms with Crippen LogP contribution in [0.5, 0.6) is 0 Å². The number of amidine groups is 2. The maximum absolute atomic E-state index is 13.4. The van der Waals surface area contributed by atoms with Crippen LogP contribution in [0.1, 0.15) is 22.3 Å². The number of nitrogens with zero attached hydrogens (tertiary/aromatic N) is 3. The fraction of sp³-hybridized carbons (Fsp3) is 0.185. The molecule has 1 N–H and O–H groups in total. The van der Waals surface area contributed by atoms with Crippen LogP contribution >= 0.6 is 11.8 Å². The average molecular weight is 469 g/mol. The van der Waals surface area contributed by atoms with Crippen molar-refractivity contribution in [2.24, 2.45) is 9.98 Å². The predicted molar refractivity (Wildman–Crippen MR) is 138 cm³/mol. The Morgan fingerprint density at radius 2 is 1.76 bits per heavy atom. The number of carbonyl (C=O) groups is 2. The predicted octanol–water partition coefficient (Wildman–Crippen LogP) is 4.88. The Balaban J connectivity index is 1.36. The van der Waals surface area contributed by atoms with Gasteiger partial charge in [0.25, 0.3) is 5.91 Å². The first-order chi connectivity index (χ1) is 16.5. The Kier molecular flexibility index (Phi) is 6.02. The topological polar surface area (TPSA) is 74.1 Å². The number of rotatable bonds is 5. The van der Waals surface area contributed by atoms with Crippen LogP contribution in [0.3, 0.4) is 0 Å². The number of hydrogen-bond acceptors (Lipinski definition) is 5. The zero-order valence-corrected chi connectivity index (χ0v) is 19.8. The lowest BCUT2D eigenvalue weighted by Gasteiger charge is -2.25. The Morgan fingerprint density at radius 3 is 2.56 bits per heavy atom. The molecule has 0 radical (unpaired) electrons. The highest BCUT2D eigenvalue weighted by atomic mass is 32.2. The number of fused-ring (bicyclic) bond motifs is 3. The summed E-state index contributed by atoms with van der Waals surface area (Å²) < 4.78 is 0. The van der Waals surface area contributed by atoms with Crippen molar-refractivity contribution in [1.29, 1.82) is 0 Å². The minimum absolute atomic E-state index is 0.117. The quantitative estimate of drug-likeness (QED) is 0.580. The lowest BCUT2D eigenvalue weighted by Crippen LogP contribution is -2.41. The summed E-state index contributed by atoms with van der Waals surface area (Å²) in [6, 6.07) is 22.8. The molecule has 2 heterocycles. The minimum Gasteiger partial charge on any atom is -0.325 e. The normalized spacial score (nSPS) is 16.5. The van der Waals surface area contributed by atoms with E-state index in [1.54, 1.807) is 4.90 Å². The number of hydrogen-bond donors (Lipinski definition) is 1. The minimum atomic E-state index is -0.515. The van der Waals surface area contributed by atoms with Gasteiger partial charge in [0.1, 0.15) is 11.9 Å². The summed E-state index contributed by atoms with van der Waals surface area (Å²) in [6.45, 7) is 4.05. The number of thioether (sulfide) groups is 1. The second kappa shape index (κ2) is 9.27. The van der Waals surface area contributed by atoms with Gasteiger partial charge in [0, 0.05) is 17.7 Å². The summed E-state index contributed by atoms with van der Waals surface area (Å²) in [5, 5.41) is 3.41. The van der Waals surface area contributed by atoms with Gasteiger partial charge in [0.2, 0.25) is 5.91 Å². The van der Waals surface area contributed by atoms with Gasteiger partial charge in [-0.1, -0.05) is 60.3 Å². The van der Waals surface area contributed by atoms with Crippen molar-refractivity contribution in [2.45, 2.75) is 26.3 Å². The summed E-state index contributed by atoms with van der Waals surface area (Å²) in [5.41, 5.74) is 5.68. The van der Waals surface area contributed by atoms with Gasteiger partial charge in [0.15, 0.2) is 5.17 Å². The highest BCUT2D eigenvalue weighted by Crippen LogP contribution is 2.34. The zero-order valence-electron chi connectivity index (χ0n) is 19.0. The molecular weight excluding hydrogens is 444 g/mol. The number of para-hydroxylation sites is 1. The highest BCUT2D eigenvalue weighted by Gasteiger charge is 2.41. The Morgan fingerprint density at radius 1 is 1.00 bits per heavy atom. The Hall–Kier alpha value is -3.71. The van der Waals surface area contributed by atoms with Gasteiger partial charge in [-0.2, -0.15) is 0 Å². The largest absolute Gasteiger partial charge is 0.325 e. The van der Waals surface area contributed by atoms with Gasteiger partial charge < -0.3 is 5.32 Å². The zero-order chi connectivity index (χ0) is 23.7. The third kappa shape index (κ3) is 4.39. The lowest BCUT2D eigenvalue weighted by molar-refractivity contribution is -0.124. The molecule has 0 unspecified atom stereocenters. The Bertz CT molecular complexity index is 1330. The smallest absolute Gasteiger partial charge is 0.259 e. The van der Waals surface area contributed by atoms with E-state index in [-0.39, 0.29) is 17.6 Å². The van der Waals surface area contributed by atoms with Gasteiger partial charge >= 0.3 is 0 Å². The van der Waals surface area contributed by atoms with E-state index in [1.807, 2.05) is 86.6 Å². The van der Waals surface area contributed by atoms with Crippen molar-refractivity contribution in [1.82, 2.24) is 4.90 Å². The van der Waals surface area contributed by atoms with Crippen LogP contribution in [0.4, 0.5) is 11.4 Å². The van der Waals surface area contributed by atoms with Gasteiger partial charge in [-0.3, -0.25) is 14.6 Å². The molecule has 0 aliphatic carbocycles. The number of anilines is 1. The van der Waals surface area contributed by atoms with E-state index in [9.17, 15) is 9.59 Å². The molecule has 2 amide bonds. The molecule has 3 aromatic carbocycles. The van der Waals surface area contributed by atoms with Crippen LogP contribution in [0, 0.1) is 13.8 Å². The van der Waals surface area contributed by atoms with Gasteiger partial charge in [0.05, 0.1) is 11.4 Å². The maximum Gasteiger partial charge on any atom is 0.259 e. The van der Waals surface area contributed by atoms with Crippen LogP contribution in [0.2, 0.25) is 0 Å². The van der Waals surface area contributed by atoms with Crippen molar-refractivity contribution >= 4 is 46.0 Å². The van der Waals surface area contributed by atoms with E-state index in [4.69, 9.17) is 9.98 Å². The Labute approximate surface area is 202 Å². The molecule has 0 spiro atoms. The summed E-state index contributed by atoms with van der Waals surface area (Å²) in [7, 11) is 0. The number of amides is 2. The van der Waals surface area contributed by atoms with E-state index < -0.39 is 6.04 Å². The fourth-order valence-corrected chi connectivity index (χ4v) is 4.82. The summed E-state index contributed by atoms with van der Waals surface area (Å²) in [5.74, 6) is 0.470. The highest BCUT2D eigenvalue weighted by molar-refractivity contribution is 8.14. The molecule has 1 atom stereocenters. The number of nitrogens with one attached hydrogen (secondary N) is 1. The molecule has 0 fully saturated rings. The van der Waals surface area contributed by atoms with Crippen LogP contribution in [-0.2, 0) is 16.0 Å². The van der Waals surface area contributed by atoms with Crippen molar-refractivity contribution in [2.75, 3.05) is 11.1 Å². The first kappa shape index (κ1) is 22.1. The molecule has 5 rings (SSSR count). The van der Waals surface area contributed by atoms with E-state index in [0.29, 0.717) is 17.4 Å². The van der Waals surface area contributed by atoms with Crippen LogP contribution in [0.15, 0.2) is 82.8 Å². The third-order valence-corrected chi connectivity index (χ3v) is 6.88. The van der Waals surface area contributed by atoms with E-state index in [1.165, 1.54) is 17.3 Å². The van der Waals surface area contributed by atoms with Gasteiger partial charge in [-0.15, -0.1) is 0 Å². The molecule has 34 heavy (non-hydrogen) atoms. The van der Waals surface area contributed by atoms with Crippen LogP contribution in [-0.4, -0.2) is 39.5 Å². The monoisotopic (exact) mass is 468 g/mol. The van der Waals surface area contributed by atoms with Crippen molar-refractivity contribution in [3.05, 3.63) is 95.1 Å². The third-order valence-electron chi connectivity index (χ3n) is 5.94. The molecular formula is C27H24N4O2S. The van der Waals surface area contributed by atoms with Crippen molar-refractivity contribution in [3.63, 3.8) is 0 Å². The van der Waals surface area contributed by atoms with E-state index in [2.05, 4.69) is 5.32 Å². The van der Waals surface area contributed by atoms with Crippen LogP contribution in [0.25, 0.3) is 0 Å². The molecule has 7 heteroatoms. The maximum atomic E-state index is 13.4. The first-order valence-corrected chi connectivity index (χ1v) is 12.1. The number of benzene rings is 3. The van der Waals surface area contributed by atoms with Crippen LogP contribution < -0.4 is 5.32 Å². The first-order valence-electron chi connectivity index (χ1n) is 11.1. The standard InChI is InChI=1S/C27H24N4O2S/c1-17-12-13-20(14-18(17)2)28-24(32)16-34-27-30-22-11-7-6-10-21(22)25-29-23(26(33)31(25)27)15-19-8-4-3-5-9-19/h3-14,23H,15-16H2,1-2H3,(H,28,32)/t23-/m1/s1. The van der Waals surface area contributed by atoms with E-state index >= 15 is 0 Å². The molecule has 0 saturated heterocycles. The molecule has 6 nitrogen and oxygen atoms in total. The molecule has 2 aliphatic rings. The number of aryl methyl sites for hydroxylation is 2. The van der Waals surface area contributed by atoms with E-state index in [0.717, 1.165) is 28.1 Å². The van der Waals surface area contributed by atoms with Crippen molar-refractivity contribution < 1.29 is 9.59 Å². The average Bonchev–Trinajstić information content (AvgIpc) is 3.17. The second-order valence-electron chi connectivity index (χ2n) is 8.38. The molecule has 3 aromatic rings. The van der Waals surface area contributed by atoms with Gasteiger partial charge in [-0.05, 0) is 54.8 Å². The van der Waals surface area contributed by atoms with Crippen molar-refractivity contribution in [3.8, 4) is 0 Å². The molecule has 0 bridgehead atoms. The van der Waals surface area contributed by atoms with Gasteiger partial charge in [-0.25, -0.2) is 9.89 Å². The summed E-state index contributed by atoms with van der Waals surface area (Å²) in [4.78, 5) is 37.1. The molecule has 170 valence electrons. The second-order valence-corrected chi connectivity index (χ2v) is 9.32. The summed E-state index contributed by atoms with van der Waals surface area (Å²) >= 11 is 1.25. The molecule has 0 saturated carbocycles. The summed E-state index contributed by atoms with van der Waals surface area (Å²) in [6.07, 6.45) is 0.521. The number of aliphatic imine (C=N–C) groups is 2. The number of carbonyl (C=O) groups excluding carboxylic acids is 2. The fourth-order valence-electron chi connectivity index (χ4n) is 4.02. The SMILES string of the molecule is Cc1ccc(NC(=O)CSC2=Nc3ccccc3C3=N[C@H](Cc4ccccc4)C(=O)N23)cc1C. The molecule has 0 aromatic heterocycles. The lowest BCUT2D eigenvalue weighted by atomic mass is 10.1.